The van der Waals surface area contributed by atoms with Crippen LogP contribution in [0.25, 0.3) is 0 Å². The maximum atomic E-state index is 14.5. The molecule has 0 amide bonds. The molecule has 4 rings (SSSR count). The molecular weight excluding hydrogens is 646 g/mol. The summed E-state index contributed by atoms with van der Waals surface area (Å²) in [6.45, 7) is 1.63. The number of rotatable bonds is 18. The van der Waals surface area contributed by atoms with Crippen LogP contribution in [0.5, 0.6) is 11.5 Å². The van der Waals surface area contributed by atoms with Gasteiger partial charge in [-0.2, -0.15) is 5.12 Å². The third-order valence-corrected chi connectivity index (χ3v) is 8.14. The van der Waals surface area contributed by atoms with Gasteiger partial charge in [-0.1, -0.05) is 67.5 Å². The lowest BCUT2D eigenvalue weighted by atomic mass is 10.0. The van der Waals surface area contributed by atoms with Crippen LogP contribution in [-0.2, 0) is 21.9 Å². The second kappa shape index (κ2) is 19.2. The third-order valence-electron chi connectivity index (χ3n) is 8.14. The molecule has 1 saturated heterocycles. The molecule has 0 aliphatic carbocycles. The Bertz CT molecular complexity index is 1550. The second-order valence-corrected chi connectivity index (χ2v) is 12.1. The lowest BCUT2D eigenvalue weighted by Crippen LogP contribution is -2.32. The first-order valence-electron chi connectivity index (χ1n) is 16.8. The van der Waals surface area contributed by atoms with Crippen LogP contribution in [-0.4, -0.2) is 53.8 Å². The van der Waals surface area contributed by atoms with E-state index in [9.17, 15) is 18.4 Å². The Balaban J connectivity index is 1.05. The van der Waals surface area contributed by atoms with E-state index in [-0.39, 0.29) is 36.9 Å². The van der Waals surface area contributed by atoms with E-state index in [1.807, 2.05) is 6.08 Å². The predicted octanol–water partition coefficient (Wildman–Crippen LogP) is 6.49. The summed E-state index contributed by atoms with van der Waals surface area (Å²) in [6, 6.07) is 20.8. The van der Waals surface area contributed by atoms with Crippen molar-refractivity contribution in [1.29, 1.82) is 0 Å². The topological polar surface area (TPSA) is 159 Å². The Morgan fingerprint density at radius 3 is 2.30 bits per heavy atom. The van der Waals surface area contributed by atoms with E-state index in [4.69, 9.17) is 31.5 Å². The molecule has 268 valence electrons. The number of anilines is 1. The third kappa shape index (κ3) is 13.1. The Morgan fingerprint density at radius 2 is 1.60 bits per heavy atom. The molecule has 0 radical (unpaired) electrons. The van der Waals surface area contributed by atoms with Gasteiger partial charge < -0.3 is 25.7 Å². The fraction of sp³-hybridized carbons (Fsp3) is 0.378. The van der Waals surface area contributed by atoms with Crippen molar-refractivity contribution in [1.82, 2.24) is 10.0 Å². The zero-order valence-corrected chi connectivity index (χ0v) is 28.1. The molecule has 50 heavy (non-hydrogen) atoms. The highest BCUT2D eigenvalue weighted by Crippen LogP contribution is 2.32. The van der Waals surface area contributed by atoms with Gasteiger partial charge in [0, 0.05) is 30.1 Å². The molecule has 11 nitrogen and oxygen atoms in total. The molecule has 0 bridgehead atoms. The summed E-state index contributed by atoms with van der Waals surface area (Å²) in [6.07, 6.45) is 8.75. The highest BCUT2D eigenvalue weighted by molar-refractivity contribution is 5.80. The van der Waals surface area contributed by atoms with Crippen molar-refractivity contribution < 1.29 is 32.6 Å². The molecule has 1 aliphatic heterocycles. The Hall–Kier alpha value is -5.01. The quantitative estimate of drug-likeness (QED) is 0.0129. The van der Waals surface area contributed by atoms with Crippen LogP contribution in [0, 0.1) is 0 Å². The van der Waals surface area contributed by atoms with Crippen molar-refractivity contribution in [3.8, 4) is 11.5 Å². The molecule has 0 spiro atoms. The number of alkyl halides is 2. The number of carbonyl (C=O) groups is 2. The number of allylic oxidation sites excluding steroid dienone is 1. The monoisotopic (exact) mass is 692 g/mol. The van der Waals surface area contributed by atoms with Gasteiger partial charge >= 0.3 is 12.1 Å². The van der Waals surface area contributed by atoms with E-state index >= 15 is 0 Å². The number of hydrogen-bond donors (Lipinski definition) is 3. The number of carbonyl (C=O) groups excluding carboxylic acids is 2. The van der Waals surface area contributed by atoms with Crippen molar-refractivity contribution in [3.63, 3.8) is 0 Å². The summed E-state index contributed by atoms with van der Waals surface area (Å²) in [7, 11) is 0. The van der Waals surface area contributed by atoms with Crippen LogP contribution >= 0.6 is 0 Å². The summed E-state index contributed by atoms with van der Waals surface area (Å²) >= 11 is 0. The molecule has 1 atom stereocenters. The molecular formula is C37H46F2N6O5. The molecule has 1 aliphatic rings. The van der Waals surface area contributed by atoms with Crippen molar-refractivity contribution in [2.24, 2.45) is 16.7 Å². The van der Waals surface area contributed by atoms with Crippen LogP contribution in [0.4, 0.5) is 19.3 Å². The molecule has 1 fully saturated rings. The van der Waals surface area contributed by atoms with Crippen molar-refractivity contribution in [3.05, 3.63) is 102 Å². The van der Waals surface area contributed by atoms with Gasteiger partial charge in [-0.05, 0) is 80.7 Å². The molecule has 13 heteroatoms. The molecule has 3 aromatic rings. The molecule has 0 aromatic heterocycles. The number of amidine groups is 1. The Morgan fingerprint density at radius 1 is 0.940 bits per heavy atom. The van der Waals surface area contributed by atoms with Crippen LogP contribution < -0.4 is 26.8 Å². The molecule has 1 unspecified atom stereocenters. The Labute approximate surface area is 291 Å². The van der Waals surface area contributed by atoms with Gasteiger partial charge in [-0.25, -0.2) is 19.4 Å². The number of unbranched alkanes of at least 4 members (excludes halogenated alkanes) is 3. The number of hydrogen-bond acceptors (Lipinski definition) is 10. The molecule has 1 heterocycles. The fourth-order valence-corrected chi connectivity index (χ4v) is 5.52. The van der Waals surface area contributed by atoms with Crippen molar-refractivity contribution in [2.75, 3.05) is 25.6 Å². The van der Waals surface area contributed by atoms with Crippen molar-refractivity contribution in [2.45, 2.75) is 69.8 Å². The van der Waals surface area contributed by atoms with E-state index < -0.39 is 18.0 Å². The minimum Gasteiger partial charge on any atom is -0.441 e. The zero-order chi connectivity index (χ0) is 35.8. The maximum absolute atomic E-state index is 14.5. The number of hydrazine groups is 1. The van der Waals surface area contributed by atoms with Gasteiger partial charge in [0.1, 0.15) is 17.3 Å². The average Bonchev–Trinajstić information content (AvgIpc) is 3.54. The fourth-order valence-electron chi connectivity index (χ4n) is 5.52. The van der Waals surface area contributed by atoms with Gasteiger partial charge in [0.2, 0.25) is 0 Å². The maximum Gasteiger partial charge on any atom is 0.519 e. The first kappa shape index (κ1) is 37.8. The van der Waals surface area contributed by atoms with E-state index in [0.29, 0.717) is 29.3 Å². The SMILES string of the molecule is N/C(CCCCCCN1CCCC1/C=C/CC(F)(F)c1ccccc1)=N\N(N)COC(=O)Cc1ccc(OC(=O)Oc2ccc(N)cc2)cc1. The molecule has 6 N–H and O–H groups in total. The average molecular weight is 693 g/mol. The normalized spacial score (nSPS) is 15.3. The van der Waals surface area contributed by atoms with Crippen LogP contribution in [0.3, 0.4) is 0 Å². The largest absolute Gasteiger partial charge is 0.519 e. The first-order chi connectivity index (χ1) is 24.1. The summed E-state index contributed by atoms with van der Waals surface area (Å²) in [5.74, 6) is 3.32. The van der Waals surface area contributed by atoms with Crippen LogP contribution in [0.15, 0.2) is 96.1 Å². The summed E-state index contributed by atoms with van der Waals surface area (Å²) in [4.78, 5) is 26.6. The minimum absolute atomic E-state index is 0.0259. The summed E-state index contributed by atoms with van der Waals surface area (Å²) in [5.41, 5.74) is 12.9. The van der Waals surface area contributed by atoms with E-state index in [1.54, 1.807) is 60.7 Å². The standard InChI is InChI=1S/C37H46F2N6O5/c38-37(39,29-10-4-3-5-11-29)23-8-12-31-13-9-25-44(31)24-7-2-1-6-14-34(41)43-45(42)27-48-35(46)26-28-15-19-32(20-16-28)49-36(47)50-33-21-17-30(40)18-22-33/h3-5,8,10-12,15-22,31H,1-2,6-7,9,13-14,23-27,40,42H2,(H2,41,43)/b12-8+. The number of likely N-dealkylation sites (tertiary alicyclic amines) is 1. The van der Waals surface area contributed by atoms with E-state index in [2.05, 4.69) is 10.0 Å². The number of nitrogens with two attached hydrogens (primary N) is 3. The summed E-state index contributed by atoms with van der Waals surface area (Å²) in [5, 5.41) is 5.06. The van der Waals surface area contributed by atoms with Crippen molar-refractivity contribution >= 4 is 23.6 Å². The van der Waals surface area contributed by atoms with Gasteiger partial charge in [0.15, 0.2) is 6.73 Å². The first-order valence-corrected chi connectivity index (χ1v) is 16.8. The zero-order valence-electron chi connectivity index (χ0n) is 28.1. The lowest BCUT2D eigenvalue weighted by Gasteiger charge is -2.22. The number of benzene rings is 3. The van der Waals surface area contributed by atoms with Crippen LogP contribution in [0.1, 0.15) is 62.5 Å². The number of hydrazone groups is 1. The highest BCUT2D eigenvalue weighted by atomic mass is 19.3. The lowest BCUT2D eigenvalue weighted by molar-refractivity contribution is -0.147. The number of esters is 1. The second-order valence-electron chi connectivity index (χ2n) is 12.1. The Kier molecular flexibility index (Phi) is 14.6. The number of ether oxygens (including phenoxy) is 3. The number of halogens is 2. The van der Waals surface area contributed by atoms with Gasteiger partial charge in [0.25, 0.3) is 5.92 Å². The van der Waals surface area contributed by atoms with Crippen LogP contribution in [0.2, 0.25) is 0 Å². The molecule has 0 saturated carbocycles. The molecule has 3 aromatic carbocycles. The number of nitrogens with zero attached hydrogens (tertiary/aromatic N) is 3. The smallest absolute Gasteiger partial charge is 0.441 e. The predicted molar refractivity (Wildman–Crippen MR) is 188 cm³/mol. The van der Waals surface area contributed by atoms with Gasteiger partial charge in [-0.15, -0.1) is 5.10 Å². The highest BCUT2D eigenvalue weighted by Gasteiger charge is 2.30. The van der Waals surface area contributed by atoms with Gasteiger partial charge in [0.05, 0.1) is 6.42 Å². The number of nitrogen functional groups attached to an aromatic ring is 1. The van der Waals surface area contributed by atoms with Gasteiger partial charge in [-0.3, -0.25) is 9.69 Å². The van der Waals surface area contributed by atoms with E-state index in [0.717, 1.165) is 56.7 Å². The summed E-state index contributed by atoms with van der Waals surface area (Å²) < 4.78 is 44.4. The van der Waals surface area contributed by atoms with E-state index in [1.165, 1.54) is 24.3 Å². The minimum atomic E-state index is -2.87.